The predicted octanol–water partition coefficient (Wildman–Crippen LogP) is 1.69. The number of nitrogens with zero attached hydrogens (tertiary/aromatic N) is 1. The third-order valence-corrected chi connectivity index (χ3v) is 3.78. The first kappa shape index (κ1) is 14.9. The molecule has 1 aliphatic heterocycles. The van der Waals surface area contributed by atoms with Crippen molar-refractivity contribution in [2.45, 2.75) is 19.4 Å². The lowest BCUT2D eigenvalue weighted by Gasteiger charge is -2.35. The lowest BCUT2D eigenvalue weighted by atomic mass is 9.94. The van der Waals surface area contributed by atoms with Crippen LogP contribution in [0.2, 0.25) is 0 Å². The molecule has 2 N–H and O–H groups in total. The van der Waals surface area contributed by atoms with Gasteiger partial charge in [-0.15, -0.1) is 0 Å². The highest BCUT2D eigenvalue weighted by molar-refractivity contribution is 5.92. The molecule has 1 heterocycles. The van der Waals surface area contributed by atoms with Gasteiger partial charge in [-0.25, -0.2) is 4.39 Å². The van der Waals surface area contributed by atoms with Crippen LogP contribution in [0.1, 0.15) is 13.3 Å². The number of para-hydroxylation sites is 1. The van der Waals surface area contributed by atoms with Gasteiger partial charge in [0.25, 0.3) is 0 Å². The first-order chi connectivity index (χ1) is 9.56. The Hall–Kier alpha value is -1.46. The van der Waals surface area contributed by atoms with Gasteiger partial charge in [-0.3, -0.25) is 4.79 Å². The second kappa shape index (κ2) is 6.81. The van der Waals surface area contributed by atoms with E-state index >= 15 is 0 Å². The van der Waals surface area contributed by atoms with Crippen LogP contribution in [0, 0.1) is 11.7 Å². The van der Waals surface area contributed by atoms with Crippen molar-refractivity contribution in [1.82, 2.24) is 10.2 Å². The molecule has 2 rings (SSSR count). The van der Waals surface area contributed by atoms with Crippen molar-refractivity contribution >= 4 is 11.6 Å². The van der Waals surface area contributed by atoms with Crippen LogP contribution in [-0.2, 0) is 4.79 Å². The highest BCUT2D eigenvalue weighted by Crippen LogP contribution is 2.15. The van der Waals surface area contributed by atoms with E-state index in [1.807, 2.05) is 0 Å². The van der Waals surface area contributed by atoms with Crippen molar-refractivity contribution < 1.29 is 9.18 Å². The first-order valence-electron chi connectivity index (χ1n) is 7.02. The molecule has 0 saturated carbocycles. The van der Waals surface area contributed by atoms with Crippen LogP contribution in [0.5, 0.6) is 0 Å². The lowest BCUT2D eigenvalue weighted by molar-refractivity contribution is -0.115. The normalized spacial score (nSPS) is 23.6. The summed E-state index contributed by atoms with van der Waals surface area (Å²) < 4.78 is 13.4. The Morgan fingerprint density at radius 1 is 1.45 bits per heavy atom. The highest BCUT2D eigenvalue weighted by Gasteiger charge is 2.24. The van der Waals surface area contributed by atoms with Crippen LogP contribution in [0.25, 0.3) is 0 Å². The monoisotopic (exact) mass is 279 g/mol. The van der Waals surface area contributed by atoms with Crippen LogP contribution >= 0.6 is 0 Å². The van der Waals surface area contributed by atoms with E-state index in [1.165, 1.54) is 6.07 Å². The molecule has 4 nitrogen and oxygen atoms in total. The fourth-order valence-corrected chi connectivity index (χ4v) is 2.64. The topological polar surface area (TPSA) is 44.4 Å². The fraction of sp³-hybridized carbons (Fsp3) is 0.533. The van der Waals surface area contributed by atoms with Crippen LogP contribution in [0.3, 0.4) is 0 Å². The van der Waals surface area contributed by atoms with E-state index in [0.29, 0.717) is 12.0 Å². The second-order valence-electron chi connectivity index (χ2n) is 5.54. The third-order valence-electron chi connectivity index (χ3n) is 3.78. The number of amides is 1. The molecule has 1 saturated heterocycles. The van der Waals surface area contributed by atoms with Gasteiger partial charge in [0.05, 0.1) is 12.2 Å². The summed E-state index contributed by atoms with van der Waals surface area (Å²) in [7, 11) is 2.11. The fourth-order valence-electron chi connectivity index (χ4n) is 2.64. The molecule has 20 heavy (non-hydrogen) atoms. The van der Waals surface area contributed by atoms with Crippen molar-refractivity contribution in [3.63, 3.8) is 0 Å². The smallest absolute Gasteiger partial charge is 0.238 e. The van der Waals surface area contributed by atoms with E-state index in [4.69, 9.17) is 0 Å². The summed E-state index contributed by atoms with van der Waals surface area (Å²) in [6, 6.07) is 6.54. The summed E-state index contributed by atoms with van der Waals surface area (Å²) in [5, 5.41) is 5.86. The number of benzene rings is 1. The molecule has 1 aliphatic rings. The molecule has 110 valence electrons. The molecule has 2 atom stereocenters. The van der Waals surface area contributed by atoms with E-state index in [9.17, 15) is 9.18 Å². The van der Waals surface area contributed by atoms with Crippen LogP contribution < -0.4 is 10.6 Å². The molecule has 0 bridgehead atoms. The maximum Gasteiger partial charge on any atom is 0.238 e. The van der Waals surface area contributed by atoms with Gasteiger partial charge in [-0.1, -0.05) is 19.1 Å². The molecule has 1 amide bonds. The molecule has 0 aromatic heterocycles. The van der Waals surface area contributed by atoms with E-state index < -0.39 is 5.82 Å². The lowest BCUT2D eigenvalue weighted by Crippen LogP contribution is -2.48. The van der Waals surface area contributed by atoms with Crippen molar-refractivity contribution in [1.29, 1.82) is 0 Å². The molecule has 1 aromatic carbocycles. The molecule has 1 fully saturated rings. The Kier molecular flexibility index (Phi) is 5.09. The molecule has 1 aromatic rings. The highest BCUT2D eigenvalue weighted by atomic mass is 19.1. The zero-order chi connectivity index (χ0) is 14.5. The Balaban J connectivity index is 1.79. The summed E-state index contributed by atoms with van der Waals surface area (Å²) >= 11 is 0. The van der Waals surface area contributed by atoms with Gasteiger partial charge in [0.2, 0.25) is 5.91 Å². The summed E-state index contributed by atoms with van der Waals surface area (Å²) in [6.45, 7) is 4.47. The first-order valence-corrected chi connectivity index (χ1v) is 7.02. The minimum atomic E-state index is -0.409. The zero-order valence-electron chi connectivity index (χ0n) is 12.0. The summed E-state index contributed by atoms with van der Waals surface area (Å²) in [4.78, 5) is 14.1. The van der Waals surface area contributed by atoms with Gasteiger partial charge >= 0.3 is 0 Å². The number of rotatable bonds is 4. The Morgan fingerprint density at radius 3 is 2.90 bits per heavy atom. The molecule has 0 aliphatic carbocycles. The van der Waals surface area contributed by atoms with Crippen molar-refractivity contribution in [2.75, 3.05) is 32.0 Å². The van der Waals surface area contributed by atoms with Gasteiger partial charge in [0, 0.05) is 12.6 Å². The van der Waals surface area contributed by atoms with Crippen molar-refractivity contribution in [3.05, 3.63) is 30.1 Å². The predicted molar refractivity (Wildman–Crippen MR) is 78.1 cm³/mol. The largest absolute Gasteiger partial charge is 0.322 e. The maximum atomic E-state index is 13.4. The number of nitrogens with one attached hydrogen (secondary N) is 2. The number of carbonyl (C=O) groups is 1. The minimum absolute atomic E-state index is 0.207. The van der Waals surface area contributed by atoms with Gasteiger partial charge in [0.1, 0.15) is 5.82 Å². The van der Waals surface area contributed by atoms with Crippen LogP contribution in [-0.4, -0.2) is 43.5 Å². The van der Waals surface area contributed by atoms with Gasteiger partial charge in [-0.2, -0.15) is 0 Å². The number of halogens is 1. The SMILES string of the molecule is CC1CN(C)CCC1NCC(=O)Nc1ccccc1F. The van der Waals surface area contributed by atoms with E-state index in [1.54, 1.807) is 18.2 Å². The maximum absolute atomic E-state index is 13.4. The van der Waals surface area contributed by atoms with E-state index in [0.717, 1.165) is 19.5 Å². The van der Waals surface area contributed by atoms with Crippen molar-refractivity contribution in [2.24, 2.45) is 5.92 Å². The number of hydrogen-bond acceptors (Lipinski definition) is 3. The average molecular weight is 279 g/mol. The molecule has 0 radical (unpaired) electrons. The number of carbonyl (C=O) groups excluding carboxylic acids is 1. The number of hydrogen-bond donors (Lipinski definition) is 2. The summed E-state index contributed by atoms with van der Waals surface area (Å²) in [6.07, 6.45) is 1.03. The van der Waals surface area contributed by atoms with Crippen LogP contribution in [0.15, 0.2) is 24.3 Å². The standard InChI is InChI=1S/C15H22FN3O/c1-11-10-19(2)8-7-13(11)17-9-15(20)18-14-6-4-3-5-12(14)16/h3-6,11,13,17H,7-10H2,1-2H3,(H,18,20). The molecule has 2 unspecified atom stereocenters. The average Bonchev–Trinajstić information content (AvgIpc) is 2.40. The Labute approximate surface area is 119 Å². The van der Waals surface area contributed by atoms with Crippen molar-refractivity contribution in [3.8, 4) is 0 Å². The van der Waals surface area contributed by atoms with E-state index in [-0.39, 0.29) is 18.1 Å². The van der Waals surface area contributed by atoms with Gasteiger partial charge in [-0.05, 0) is 38.1 Å². The summed E-state index contributed by atoms with van der Waals surface area (Å²) in [5.74, 6) is -0.107. The zero-order valence-corrected chi connectivity index (χ0v) is 12.0. The van der Waals surface area contributed by atoms with Gasteiger partial charge < -0.3 is 15.5 Å². The quantitative estimate of drug-likeness (QED) is 0.881. The molecular formula is C15H22FN3O. The Bertz CT molecular complexity index is 466. The number of anilines is 1. The van der Waals surface area contributed by atoms with Gasteiger partial charge in [0.15, 0.2) is 0 Å². The van der Waals surface area contributed by atoms with Crippen LogP contribution in [0.4, 0.5) is 10.1 Å². The third kappa shape index (κ3) is 4.02. The molecular weight excluding hydrogens is 257 g/mol. The number of likely N-dealkylation sites (tertiary alicyclic amines) is 1. The number of piperidine rings is 1. The Morgan fingerprint density at radius 2 is 2.20 bits per heavy atom. The molecule has 0 spiro atoms. The second-order valence-corrected chi connectivity index (χ2v) is 5.54. The molecule has 5 heteroatoms. The summed E-state index contributed by atoms with van der Waals surface area (Å²) in [5.41, 5.74) is 0.232. The minimum Gasteiger partial charge on any atom is -0.322 e. The van der Waals surface area contributed by atoms with E-state index in [2.05, 4.69) is 29.5 Å².